The Labute approximate surface area is 74.4 Å². The standard InChI is InChI=1S/C8H9BrN2/c1-11-5-10-8-6(9)3-2-4-7(8)11/h2-3,5,7H,4H2,1H3. The SMILES string of the molecule is CN1C=NC2=C(Br)C=CCC21. The highest BCUT2D eigenvalue weighted by molar-refractivity contribution is 9.11. The molecule has 0 saturated heterocycles. The summed E-state index contributed by atoms with van der Waals surface area (Å²) in [7, 11) is 2.06. The van der Waals surface area contributed by atoms with E-state index >= 15 is 0 Å². The van der Waals surface area contributed by atoms with Crippen LogP contribution in [0.4, 0.5) is 0 Å². The lowest BCUT2D eigenvalue weighted by molar-refractivity contribution is 0.441. The summed E-state index contributed by atoms with van der Waals surface area (Å²) in [5.74, 6) is 0. The molecule has 1 atom stereocenters. The van der Waals surface area contributed by atoms with Crippen molar-refractivity contribution in [2.75, 3.05) is 7.05 Å². The molecule has 0 N–H and O–H groups in total. The van der Waals surface area contributed by atoms with Crippen LogP contribution in [0.2, 0.25) is 0 Å². The summed E-state index contributed by atoms with van der Waals surface area (Å²) < 4.78 is 1.12. The third-order valence-corrected chi connectivity index (χ3v) is 2.72. The summed E-state index contributed by atoms with van der Waals surface area (Å²) in [6, 6.07) is 0.467. The smallest absolute Gasteiger partial charge is 0.0912 e. The third kappa shape index (κ3) is 1.03. The number of likely N-dealkylation sites (N-methyl/N-ethyl adjacent to an activating group) is 1. The first-order chi connectivity index (χ1) is 5.29. The molecule has 0 fully saturated rings. The molecule has 1 aliphatic carbocycles. The van der Waals surface area contributed by atoms with Gasteiger partial charge in [0.2, 0.25) is 0 Å². The lowest BCUT2D eigenvalue weighted by atomic mass is 10.1. The summed E-state index contributed by atoms with van der Waals surface area (Å²) in [5.41, 5.74) is 1.16. The van der Waals surface area contributed by atoms with E-state index in [1.807, 2.05) is 6.34 Å². The highest BCUT2D eigenvalue weighted by Gasteiger charge is 2.25. The van der Waals surface area contributed by atoms with E-state index in [0.717, 1.165) is 16.6 Å². The van der Waals surface area contributed by atoms with Crippen LogP contribution >= 0.6 is 15.9 Å². The zero-order valence-electron chi connectivity index (χ0n) is 6.29. The van der Waals surface area contributed by atoms with E-state index in [0.29, 0.717) is 6.04 Å². The molecule has 0 aromatic carbocycles. The molecule has 0 spiro atoms. The Bertz CT molecular complexity index is 265. The quantitative estimate of drug-likeness (QED) is 0.600. The molecule has 0 amide bonds. The topological polar surface area (TPSA) is 15.6 Å². The zero-order valence-corrected chi connectivity index (χ0v) is 7.87. The molecule has 0 saturated carbocycles. The van der Waals surface area contributed by atoms with E-state index in [1.165, 1.54) is 0 Å². The lowest BCUT2D eigenvalue weighted by Crippen LogP contribution is -2.27. The fourth-order valence-electron chi connectivity index (χ4n) is 1.40. The molecule has 3 heteroatoms. The fraction of sp³-hybridized carbons (Fsp3) is 0.375. The third-order valence-electron chi connectivity index (χ3n) is 2.05. The minimum Gasteiger partial charge on any atom is -0.357 e. The molecule has 0 radical (unpaired) electrons. The Balaban J connectivity index is 2.39. The molecule has 2 rings (SSSR count). The predicted octanol–water partition coefficient (Wildman–Crippen LogP) is 1.90. The molecule has 1 unspecified atom stereocenters. The van der Waals surface area contributed by atoms with Crippen molar-refractivity contribution in [1.82, 2.24) is 4.90 Å². The van der Waals surface area contributed by atoms with Crippen LogP contribution in [0.25, 0.3) is 0 Å². The Kier molecular flexibility index (Phi) is 1.60. The monoisotopic (exact) mass is 212 g/mol. The van der Waals surface area contributed by atoms with Gasteiger partial charge in [-0.3, -0.25) is 0 Å². The fourth-order valence-corrected chi connectivity index (χ4v) is 1.95. The van der Waals surface area contributed by atoms with Crippen LogP contribution in [-0.4, -0.2) is 24.3 Å². The summed E-state index contributed by atoms with van der Waals surface area (Å²) in [6.07, 6.45) is 7.20. The van der Waals surface area contributed by atoms with Gasteiger partial charge in [-0.2, -0.15) is 0 Å². The highest BCUT2D eigenvalue weighted by Crippen LogP contribution is 2.30. The zero-order chi connectivity index (χ0) is 7.84. The average Bonchev–Trinajstić information content (AvgIpc) is 2.35. The molecule has 58 valence electrons. The van der Waals surface area contributed by atoms with E-state index in [1.54, 1.807) is 0 Å². The minimum absolute atomic E-state index is 0.467. The maximum absolute atomic E-state index is 4.30. The van der Waals surface area contributed by atoms with Gasteiger partial charge in [-0.1, -0.05) is 6.08 Å². The predicted molar refractivity (Wildman–Crippen MR) is 49.8 cm³/mol. The van der Waals surface area contributed by atoms with Crippen molar-refractivity contribution in [3.63, 3.8) is 0 Å². The number of fused-ring (bicyclic) bond motifs is 1. The van der Waals surface area contributed by atoms with Crippen LogP contribution in [0.15, 0.2) is 27.3 Å². The van der Waals surface area contributed by atoms with Crippen LogP contribution in [0, 0.1) is 0 Å². The second-order valence-electron chi connectivity index (χ2n) is 2.80. The summed E-state index contributed by atoms with van der Waals surface area (Å²) in [5, 5.41) is 0. The van der Waals surface area contributed by atoms with Gasteiger partial charge in [-0.25, -0.2) is 4.99 Å². The molecule has 0 aromatic heterocycles. The maximum Gasteiger partial charge on any atom is 0.0912 e. The van der Waals surface area contributed by atoms with Crippen molar-refractivity contribution in [1.29, 1.82) is 0 Å². The number of halogens is 1. The van der Waals surface area contributed by atoms with Crippen molar-refractivity contribution >= 4 is 22.3 Å². The van der Waals surface area contributed by atoms with Crippen LogP contribution in [0.3, 0.4) is 0 Å². The van der Waals surface area contributed by atoms with Crippen LogP contribution < -0.4 is 0 Å². The first-order valence-electron chi connectivity index (χ1n) is 3.61. The second kappa shape index (κ2) is 2.48. The van der Waals surface area contributed by atoms with Gasteiger partial charge >= 0.3 is 0 Å². The molecule has 2 nitrogen and oxygen atoms in total. The van der Waals surface area contributed by atoms with Crippen molar-refractivity contribution in [3.8, 4) is 0 Å². The van der Waals surface area contributed by atoms with Gasteiger partial charge in [0.15, 0.2) is 0 Å². The largest absolute Gasteiger partial charge is 0.357 e. The highest BCUT2D eigenvalue weighted by atomic mass is 79.9. The summed E-state index contributed by atoms with van der Waals surface area (Å²) in [6.45, 7) is 0. The van der Waals surface area contributed by atoms with E-state index in [-0.39, 0.29) is 0 Å². The Morgan fingerprint density at radius 2 is 2.55 bits per heavy atom. The number of rotatable bonds is 0. The Morgan fingerprint density at radius 1 is 1.73 bits per heavy atom. The normalized spacial score (nSPS) is 28.2. The molecule has 1 heterocycles. The maximum atomic E-state index is 4.30. The molecule has 1 aliphatic heterocycles. The second-order valence-corrected chi connectivity index (χ2v) is 3.65. The molecule has 11 heavy (non-hydrogen) atoms. The molecule has 0 bridgehead atoms. The van der Waals surface area contributed by atoms with Crippen LogP contribution in [-0.2, 0) is 0 Å². The summed E-state index contributed by atoms with van der Waals surface area (Å²) >= 11 is 3.48. The van der Waals surface area contributed by atoms with Gasteiger partial charge in [-0.15, -0.1) is 0 Å². The van der Waals surface area contributed by atoms with Crippen molar-refractivity contribution < 1.29 is 0 Å². The number of hydrogen-bond donors (Lipinski definition) is 0. The van der Waals surface area contributed by atoms with Gasteiger partial charge in [0.05, 0.1) is 18.1 Å². The van der Waals surface area contributed by atoms with E-state index in [2.05, 4.69) is 45.0 Å². The first kappa shape index (κ1) is 7.10. The van der Waals surface area contributed by atoms with Crippen molar-refractivity contribution in [2.24, 2.45) is 4.99 Å². The number of hydrogen-bond acceptors (Lipinski definition) is 2. The average molecular weight is 213 g/mol. The van der Waals surface area contributed by atoms with Gasteiger partial charge in [0.1, 0.15) is 0 Å². The lowest BCUT2D eigenvalue weighted by Gasteiger charge is -2.21. The molecular weight excluding hydrogens is 204 g/mol. The molecular formula is C8H9BrN2. The number of allylic oxidation sites excluding steroid dienone is 2. The Hall–Kier alpha value is -0.570. The van der Waals surface area contributed by atoms with E-state index in [9.17, 15) is 0 Å². The van der Waals surface area contributed by atoms with Crippen molar-refractivity contribution in [2.45, 2.75) is 12.5 Å². The van der Waals surface area contributed by atoms with E-state index < -0.39 is 0 Å². The van der Waals surface area contributed by atoms with Gasteiger partial charge in [0, 0.05) is 11.5 Å². The van der Waals surface area contributed by atoms with Crippen molar-refractivity contribution in [3.05, 3.63) is 22.3 Å². The molecule has 0 aromatic rings. The number of nitrogens with zero attached hydrogens (tertiary/aromatic N) is 2. The van der Waals surface area contributed by atoms with Gasteiger partial charge in [-0.05, 0) is 28.4 Å². The number of aliphatic imine (C=N–C) groups is 1. The van der Waals surface area contributed by atoms with Crippen LogP contribution in [0.1, 0.15) is 6.42 Å². The molecule has 2 aliphatic rings. The summed E-state index contributed by atoms with van der Waals surface area (Å²) in [4.78, 5) is 6.44. The minimum atomic E-state index is 0.467. The van der Waals surface area contributed by atoms with Crippen LogP contribution in [0.5, 0.6) is 0 Å². The Morgan fingerprint density at radius 3 is 3.27 bits per heavy atom. The van der Waals surface area contributed by atoms with Gasteiger partial charge in [0.25, 0.3) is 0 Å². The first-order valence-corrected chi connectivity index (χ1v) is 4.40. The van der Waals surface area contributed by atoms with Gasteiger partial charge < -0.3 is 4.90 Å². The van der Waals surface area contributed by atoms with E-state index in [4.69, 9.17) is 0 Å².